The lowest BCUT2D eigenvalue weighted by Crippen LogP contribution is -2.28. The number of aryl methyl sites for hydroxylation is 1. The number of nitrogens with one attached hydrogen (secondary N) is 3. The largest absolute Gasteiger partial charge is 0.326 e. The van der Waals surface area contributed by atoms with Crippen molar-refractivity contribution in [3.63, 3.8) is 0 Å². The highest BCUT2D eigenvalue weighted by Gasteiger charge is 2.16. The summed E-state index contributed by atoms with van der Waals surface area (Å²) in [6.07, 6.45) is 1.28. The summed E-state index contributed by atoms with van der Waals surface area (Å²) in [4.78, 5) is 23.2. The molecular weight excluding hydrogens is 278 g/mol. The second-order valence-electron chi connectivity index (χ2n) is 4.87. The smallest absolute Gasteiger partial charge is 0.228 e. The van der Waals surface area contributed by atoms with Gasteiger partial charge in [-0.1, -0.05) is 13.0 Å². The zero-order chi connectivity index (χ0) is 13.8. The van der Waals surface area contributed by atoms with Crippen LogP contribution < -0.4 is 16.0 Å². The molecule has 0 aliphatic carbocycles. The summed E-state index contributed by atoms with van der Waals surface area (Å²) in [7, 11) is 1.82. The fourth-order valence-electron chi connectivity index (χ4n) is 2.11. The summed E-state index contributed by atoms with van der Waals surface area (Å²) in [6.45, 7) is 2.50. The number of carbonyl (C=O) groups is 2. The zero-order valence-corrected chi connectivity index (χ0v) is 12.5. The predicted octanol–water partition coefficient (Wildman–Crippen LogP) is 1.79. The number of rotatable bonds is 4. The van der Waals surface area contributed by atoms with Crippen LogP contribution in [0.3, 0.4) is 0 Å². The summed E-state index contributed by atoms with van der Waals surface area (Å²) in [5, 5.41) is 8.66. The van der Waals surface area contributed by atoms with Gasteiger partial charge in [-0.3, -0.25) is 9.59 Å². The fourth-order valence-corrected chi connectivity index (χ4v) is 2.11. The highest BCUT2D eigenvalue weighted by molar-refractivity contribution is 5.97. The number of benzene rings is 1. The SMILES string of the molecule is CNCC(C)C(=O)Nc1ccc2c(c1)NC(=O)CC2.Cl. The van der Waals surface area contributed by atoms with E-state index in [0.717, 1.165) is 17.7 Å². The molecule has 1 aliphatic heterocycles. The second-order valence-corrected chi connectivity index (χ2v) is 4.87. The van der Waals surface area contributed by atoms with Gasteiger partial charge in [-0.15, -0.1) is 12.4 Å². The van der Waals surface area contributed by atoms with Gasteiger partial charge in [0.25, 0.3) is 0 Å². The van der Waals surface area contributed by atoms with Crippen molar-refractivity contribution in [1.82, 2.24) is 5.32 Å². The molecule has 1 atom stereocenters. The van der Waals surface area contributed by atoms with Crippen molar-refractivity contribution in [1.29, 1.82) is 0 Å². The van der Waals surface area contributed by atoms with Crippen molar-refractivity contribution in [2.45, 2.75) is 19.8 Å². The van der Waals surface area contributed by atoms with Crippen LogP contribution in [0.25, 0.3) is 0 Å². The molecule has 0 saturated heterocycles. The van der Waals surface area contributed by atoms with E-state index in [1.807, 2.05) is 32.2 Å². The Morgan fingerprint density at radius 1 is 1.40 bits per heavy atom. The summed E-state index contributed by atoms with van der Waals surface area (Å²) in [5.41, 5.74) is 2.63. The van der Waals surface area contributed by atoms with Gasteiger partial charge in [-0.05, 0) is 31.2 Å². The van der Waals surface area contributed by atoms with Crippen LogP contribution in [0.1, 0.15) is 18.9 Å². The van der Waals surface area contributed by atoms with E-state index in [1.165, 1.54) is 0 Å². The Hall–Kier alpha value is -1.59. The molecule has 0 fully saturated rings. The Labute approximate surface area is 124 Å². The van der Waals surface area contributed by atoms with Crippen molar-refractivity contribution in [2.75, 3.05) is 24.2 Å². The monoisotopic (exact) mass is 297 g/mol. The number of hydrogen-bond donors (Lipinski definition) is 3. The molecule has 1 unspecified atom stereocenters. The van der Waals surface area contributed by atoms with E-state index < -0.39 is 0 Å². The summed E-state index contributed by atoms with van der Waals surface area (Å²) >= 11 is 0. The topological polar surface area (TPSA) is 70.2 Å². The normalized spacial score (nSPS) is 14.6. The van der Waals surface area contributed by atoms with Crippen molar-refractivity contribution in [2.24, 2.45) is 5.92 Å². The average Bonchev–Trinajstić information content (AvgIpc) is 2.38. The van der Waals surface area contributed by atoms with Gasteiger partial charge in [-0.2, -0.15) is 0 Å². The van der Waals surface area contributed by atoms with Crippen LogP contribution in [0, 0.1) is 5.92 Å². The summed E-state index contributed by atoms with van der Waals surface area (Å²) in [6, 6.07) is 5.64. The van der Waals surface area contributed by atoms with E-state index >= 15 is 0 Å². The Balaban J connectivity index is 0.00000200. The minimum atomic E-state index is -0.101. The Morgan fingerprint density at radius 3 is 2.85 bits per heavy atom. The maximum absolute atomic E-state index is 11.9. The second kappa shape index (κ2) is 7.26. The standard InChI is InChI=1S/C14H19N3O2.ClH/c1-9(8-15-2)14(19)16-11-5-3-10-4-6-13(18)17-12(10)7-11;/h3,5,7,9,15H,4,6,8H2,1-2H3,(H,16,19)(H,17,18);1H. The molecule has 2 rings (SSSR count). The van der Waals surface area contributed by atoms with Crippen molar-refractivity contribution < 1.29 is 9.59 Å². The summed E-state index contributed by atoms with van der Waals surface area (Å²) < 4.78 is 0. The molecule has 0 spiro atoms. The molecule has 3 N–H and O–H groups in total. The molecule has 20 heavy (non-hydrogen) atoms. The van der Waals surface area contributed by atoms with E-state index in [1.54, 1.807) is 0 Å². The summed E-state index contributed by atoms with van der Waals surface area (Å²) in [5.74, 6) is -0.105. The van der Waals surface area contributed by atoms with Gasteiger partial charge in [0.05, 0.1) is 0 Å². The van der Waals surface area contributed by atoms with Gasteiger partial charge in [-0.25, -0.2) is 0 Å². The van der Waals surface area contributed by atoms with Gasteiger partial charge in [0, 0.05) is 30.3 Å². The number of carbonyl (C=O) groups excluding carboxylic acids is 2. The minimum absolute atomic E-state index is 0. The molecular formula is C14H20ClN3O2. The van der Waals surface area contributed by atoms with Crippen molar-refractivity contribution in [3.8, 4) is 0 Å². The molecule has 110 valence electrons. The number of halogens is 1. The van der Waals surface area contributed by atoms with Crippen LogP contribution in [0.4, 0.5) is 11.4 Å². The number of anilines is 2. The molecule has 1 aromatic rings. The number of hydrogen-bond acceptors (Lipinski definition) is 3. The molecule has 2 amide bonds. The first kappa shape index (κ1) is 16.5. The maximum Gasteiger partial charge on any atom is 0.228 e. The molecule has 0 radical (unpaired) electrons. The molecule has 6 heteroatoms. The molecule has 5 nitrogen and oxygen atoms in total. The van der Waals surface area contributed by atoms with Crippen LogP contribution in [0.5, 0.6) is 0 Å². The third-order valence-corrected chi connectivity index (χ3v) is 3.23. The average molecular weight is 298 g/mol. The third kappa shape index (κ3) is 3.95. The first-order valence-electron chi connectivity index (χ1n) is 6.48. The Bertz CT molecular complexity index is 505. The lowest BCUT2D eigenvalue weighted by molar-refractivity contribution is -0.119. The van der Waals surface area contributed by atoms with E-state index in [4.69, 9.17) is 0 Å². The Kier molecular flexibility index (Phi) is 5.98. The first-order valence-corrected chi connectivity index (χ1v) is 6.48. The van der Waals surface area contributed by atoms with Crippen LogP contribution in [-0.2, 0) is 16.0 Å². The fraction of sp³-hybridized carbons (Fsp3) is 0.429. The molecule has 0 saturated carbocycles. The van der Waals surface area contributed by atoms with Crippen molar-refractivity contribution >= 4 is 35.6 Å². The van der Waals surface area contributed by atoms with Gasteiger partial charge >= 0.3 is 0 Å². The first-order chi connectivity index (χ1) is 9.10. The van der Waals surface area contributed by atoms with Crippen molar-refractivity contribution in [3.05, 3.63) is 23.8 Å². The molecule has 0 bridgehead atoms. The molecule has 1 heterocycles. The van der Waals surface area contributed by atoms with E-state index in [0.29, 0.717) is 18.7 Å². The van der Waals surface area contributed by atoms with Gasteiger partial charge < -0.3 is 16.0 Å². The van der Waals surface area contributed by atoms with E-state index in [9.17, 15) is 9.59 Å². The van der Waals surface area contributed by atoms with Crippen LogP contribution >= 0.6 is 12.4 Å². The van der Waals surface area contributed by atoms with Crippen LogP contribution in [-0.4, -0.2) is 25.4 Å². The molecule has 1 aromatic carbocycles. The van der Waals surface area contributed by atoms with Gasteiger partial charge in [0.15, 0.2) is 0 Å². The van der Waals surface area contributed by atoms with Crippen LogP contribution in [0.15, 0.2) is 18.2 Å². The predicted molar refractivity (Wildman–Crippen MR) is 82.4 cm³/mol. The van der Waals surface area contributed by atoms with E-state index in [2.05, 4.69) is 16.0 Å². The highest BCUT2D eigenvalue weighted by atomic mass is 35.5. The Morgan fingerprint density at radius 2 is 2.15 bits per heavy atom. The zero-order valence-electron chi connectivity index (χ0n) is 11.7. The third-order valence-electron chi connectivity index (χ3n) is 3.23. The quantitative estimate of drug-likeness (QED) is 0.793. The van der Waals surface area contributed by atoms with Gasteiger partial charge in [0.1, 0.15) is 0 Å². The van der Waals surface area contributed by atoms with E-state index in [-0.39, 0.29) is 30.1 Å². The highest BCUT2D eigenvalue weighted by Crippen LogP contribution is 2.26. The maximum atomic E-state index is 11.9. The van der Waals surface area contributed by atoms with Crippen LogP contribution in [0.2, 0.25) is 0 Å². The van der Waals surface area contributed by atoms with Gasteiger partial charge in [0.2, 0.25) is 11.8 Å². The minimum Gasteiger partial charge on any atom is -0.326 e. The molecule has 0 aromatic heterocycles. The molecule has 1 aliphatic rings. The number of fused-ring (bicyclic) bond motifs is 1. The number of amides is 2. The lowest BCUT2D eigenvalue weighted by atomic mass is 10.0. The lowest BCUT2D eigenvalue weighted by Gasteiger charge is -2.18.